The summed E-state index contributed by atoms with van der Waals surface area (Å²) in [7, 11) is 0. The smallest absolute Gasteiger partial charge is 0.253 e. The predicted octanol–water partition coefficient (Wildman–Crippen LogP) is 4.15. The maximum Gasteiger partial charge on any atom is 0.253 e. The molecule has 10 heteroatoms. The molecule has 8 nitrogen and oxygen atoms in total. The van der Waals surface area contributed by atoms with Gasteiger partial charge < -0.3 is 5.32 Å². The standard InChI is InChI=1S/C24H18FN7OS/c25-17-4-1-2-6-19(17)32-21(30-31-22(32)24-28-10-11-34-24)14-12-15(13-14)29-23(33)16-7-9-26-18-5-3-8-27-20(16)18/h1-11,14-15H,12-13H2,(H,29,33). The highest BCUT2D eigenvalue weighted by Crippen LogP contribution is 2.39. The fourth-order valence-electron chi connectivity index (χ4n) is 4.28. The molecule has 0 aliphatic heterocycles. The Morgan fingerprint density at radius 3 is 2.71 bits per heavy atom. The van der Waals surface area contributed by atoms with Crippen LogP contribution in [0.4, 0.5) is 4.39 Å². The van der Waals surface area contributed by atoms with E-state index in [9.17, 15) is 9.18 Å². The van der Waals surface area contributed by atoms with Gasteiger partial charge in [0.1, 0.15) is 17.2 Å². The first kappa shape index (κ1) is 20.5. The highest BCUT2D eigenvalue weighted by molar-refractivity contribution is 7.13. The van der Waals surface area contributed by atoms with Crippen molar-refractivity contribution < 1.29 is 9.18 Å². The summed E-state index contributed by atoms with van der Waals surface area (Å²) in [5.74, 6) is 0.656. The lowest BCUT2D eigenvalue weighted by atomic mass is 9.79. The van der Waals surface area contributed by atoms with E-state index in [4.69, 9.17) is 0 Å². The molecule has 0 atom stereocenters. The summed E-state index contributed by atoms with van der Waals surface area (Å²) in [6.07, 6.45) is 6.29. The van der Waals surface area contributed by atoms with Gasteiger partial charge in [-0.2, -0.15) is 0 Å². The van der Waals surface area contributed by atoms with Gasteiger partial charge in [0.25, 0.3) is 5.91 Å². The number of pyridine rings is 2. The molecule has 0 bridgehead atoms. The molecule has 1 aliphatic rings. The number of aromatic nitrogens is 6. The van der Waals surface area contributed by atoms with Gasteiger partial charge in [0, 0.05) is 35.9 Å². The van der Waals surface area contributed by atoms with Crippen LogP contribution >= 0.6 is 11.3 Å². The number of hydrogen-bond donors (Lipinski definition) is 1. The van der Waals surface area contributed by atoms with Crippen LogP contribution in [0.15, 0.2) is 66.4 Å². The van der Waals surface area contributed by atoms with Gasteiger partial charge in [0.2, 0.25) is 0 Å². The van der Waals surface area contributed by atoms with Crippen molar-refractivity contribution >= 4 is 28.3 Å². The second kappa shape index (κ2) is 8.38. The molecule has 34 heavy (non-hydrogen) atoms. The molecule has 0 spiro atoms. The van der Waals surface area contributed by atoms with Crippen LogP contribution in [0.3, 0.4) is 0 Å². The van der Waals surface area contributed by atoms with E-state index in [0.29, 0.717) is 51.8 Å². The molecule has 5 aromatic rings. The third-order valence-electron chi connectivity index (χ3n) is 5.98. The van der Waals surface area contributed by atoms with Gasteiger partial charge >= 0.3 is 0 Å². The van der Waals surface area contributed by atoms with Gasteiger partial charge in [-0.3, -0.25) is 19.3 Å². The van der Waals surface area contributed by atoms with Crippen LogP contribution in [0.25, 0.3) is 27.6 Å². The number of thiazole rings is 1. The van der Waals surface area contributed by atoms with Gasteiger partial charge in [-0.15, -0.1) is 21.5 Å². The first-order valence-electron chi connectivity index (χ1n) is 10.8. The minimum absolute atomic E-state index is 0.0263. The van der Waals surface area contributed by atoms with Crippen LogP contribution in [0, 0.1) is 5.82 Å². The van der Waals surface area contributed by atoms with Gasteiger partial charge in [-0.25, -0.2) is 9.37 Å². The SMILES string of the molecule is O=C(NC1CC(c2nnc(-c3nccs3)n2-c2ccccc2F)C1)c1ccnc2cccnc12. The summed E-state index contributed by atoms with van der Waals surface area (Å²) < 4.78 is 16.5. The highest BCUT2D eigenvalue weighted by Gasteiger charge is 2.37. The summed E-state index contributed by atoms with van der Waals surface area (Å²) in [5.41, 5.74) is 2.13. The van der Waals surface area contributed by atoms with Crippen LogP contribution < -0.4 is 5.32 Å². The Kier molecular flexibility index (Phi) is 5.06. The zero-order valence-electron chi connectivity index (χ0n) is 17.8. The van der Waals surface area contributed by atoms with Crippen LogP contribution in [0.5, 0.6) is 0 Å². The maximum atomic E-state index is 14.7. The third kappa shape index (κ3) is 3.52. The molecule has 4 aromatic heterocycles. The van der Waals surface area contributed by atoms with Crippen molar-refractivity contribution in [3.8, 4) is 16.5 Å². The van der Waals surface area contributed by atoms with Crippen molar-refractivity contribution in [1.29, 1.82) is 0 Å². The lowest BCUT2D eigenvalue weighted by Crippen LogP contribution is -2.44. The molecule has 1 aromatic carbocycles. The minimum atomic E-state index is -0.359. The number of rotatable bonds is 5. The molecule has 1 saturated carbocycles. The Hall–Kier alpha value is -4.05. The zero-order valence-corrected chi connectivity index (χ0v) is 18.6. The number of fused-ring (bicyclic) bond motifs is 1. The van der Waals surface area contributed by atoms with Crippen molar-refractivity contribution in [2.24, 2.45) is 0 Å². The number of para-hydroxylation sites is 1. The molecular weight excluding hydrogens is 453 g/mol. The topological polar surface area (TPSA) is 98.5 Å². The Balaban J connectivity index is 1.25. The first-order valence-corrected chi connectivity index (χ1v) is 11.7. The van der Waals surface area contributed by atoms with E-state index in [1.54, 1.807) is 53.5 Å². The van der Waals surface area contributed by atoms with Crippen molar-refractivity contribution in [3.05, 3.63) is 83.6 Å². The molecule has 0 unspecified atom stereocenters. The van der Waals surface area contributed by atoms with E-state index in [1.807, 2.05) is 11.4 Å². The second-order valence-corrected chi connectivity index (χ2v) is 8.97. The Morgan fingerprint density at radius 2 is 1.88 bits per heavy atom. The molecule has 6 rings (SSSR count). The van der Waals surface area contributed by atoms with Crippen molar-refractivity contribution in [2.75, 3.05) is 0 Å². The molecule has 1 aliphatic carbocycles. The van der Waals surface area contributed by atoms with Crippen LogP contribution in [-0.4, -0.2) is 41.7 Å². The van der Waals surface area contributed by atoms with Gasteiger partial charge in [-0.1, -0.05) is 12.1 Å². The van der Waals surface area contributed by atoms with Gasteiger partial charge in [-0.05, 0) is 43.2 Å². The first-order chi connectivity index (χ1) is 16.7. The van der Waals surface area contributed by atoms with E-state index in [0.717, 1.165) is 0 Å². The number of nitrogens with zero attached hydrogens (tertiary/aromatic N) is 6. The van der Waals surface area contributed by atoms with Crippen molar-refractivity contribution in [1.82, 2.24) is 35.0 Å². The number of amides is 1. The highest BCUT2D eigenvalue weighted by atomic mass is 32.1. The van der Waals surface area contributed by atoms with Crippen molar-refractivity contribution in [2.45, 2.75) is 24.8 Å². The zero-order chi connectivity index (χ0) is 23.1. The Bertz CT molecular complexity index is 1490. The van der Waals surface area contributed by atoms with E-state index in [-0.39, 0.29) is 23.7 Å². The summed E-state index contributed by atoms with van der Waals surface area (Å²) >= 11 is 1.42. The molecule has 1 N–H and O–H groups in total. The van der Waals surface area contributed by atoms with Gasteiger partial charge in [0.05, 0.1) is 16.8 Å². The summed E-state index contributed by atoms with van der Waals surface area (Å²) in [6, 6.07) is 11.8. The van der Waals surface area contributed by atoms with Gasteiger partial charge in [0.15, 0.2) is 10.8 Å². The fourth-order valence-corrected chi connectivity index (χ4v) is 4.89. The van der Waals surface area contributed by atoms with Crippen molar-refractivity contribution in [3.63, 3.8) is 0 Å². The summed E-state index contributed by atoms with van der Waals surface area (Å²) in [4.78, 5) is 25.8. The third-order valence-corrected chi connectivity index (χ3v) is 6.75. The molecule has 0 radical (unpaired) electrons. The summed E-state index contributed by atoms with van der Waals surface area (Å²) in [5, 5.41) is 14.3. The number of halogens is 1. The Morgan fingerprint density at radius 1 is 1.00 bits per heavy atom. The predicted molar refractivity (Wildman–Crippen MR) is 125 cm³/mol. The monoisotopic (exact) mass is 471 g/mol. The second-order valence-electron chi connectivity index (χ2n) is 8.07. The largest absolute Gasteiger partial charge is 0.349 e. The average Bonchev–Trinajstić information content (AvgIpc) is 3.51. The van der Waals surface area contributed by atoms with Crippen LogP contribution in [0.1, 0.15) is 34.9 Å². The normalized spacial score (nSPS) is 17.4. The van der Waals surface area contributed by atoms with E-state index >= 15 is 0 Å². The fraction of sp³-hybridized carbons (Fsp3) is 0.167. The average molecular weight is 472 g/mol. The van der Waals surface area contributed by atoms with Crippen LogP contribution in [0.2, 0.25) is 0 Å². The number of carbonyl (C=O) groups excluding carboxylic acids is 1. The number of nitrogens with one attached hydrogen (secondary N) is 1. The molecule has 168 valence electrons. The lowest BCUT2D eigenvalue weighted by molar-refractivity contribution is 0.0908. The number of benzene rings is 1. The quantitative estimate of drug-likeness (QED) is 0.414. The minimum Gasteiger partial charge on any atom is -0.349 e. The maximum absolute atomic E-state index is 14.7. The lowest BCUT2D eigenvalue weighted by Gasteiger charge is -2.35. The van der Waals surface area contributed by atoms with E-state index < -0.39 is 0 Å². The molecule has 0 saturated heterocycles. The van der Waals surface area contributed by atoms with E-state index in [2.05, 4.69) is 30.5 Å². The van der Waals surface area contributed by atoms with Crippen LogP contribution in [-0.2, 0) is 0 Å². The van der Waals surface area contributed by atoms with E-state index in [1.165, 1.54) is 17.4 Å². The molecular formula is C24H18FN7OS. The Labute approximate surface area is 197 Å². The number of hydrogen-bond acceptors (Lipinski definition) is 7. The molecule has 1 fully saturated rings. The molecule has 1 amide bonds. The number of carbonyl (C=O) groups is 1. The molecule has 4 heterocycles. The summed E-state index contributed by atoms with van der Waals surface area (Å²) in [6.45, 7) is 0.